The van der Waals surface area contributed by atoms with E-state index in [0.717, 1.165) is 42.8 Å². The van der Waals surface area contributed by atoms with Crippen molar-refractivity contribution >= 4 is 37.5 Å². The minimum atomic E-state index is -4.14. The number of aryl methyl sites for hydroxylation is 1. The predicted molar refractivity (Wildman–Crippen MR) is 213 cm³/mol. The molecule has 0 spiro atoms. The van der Waals surface area contributed by atoms with Crippen LogP contribution < -0.4 is 10.5 Å². The number of pyridine rings is 1. The van der Waals surface area contributed by atoms with Crippen molar-refractivity contribution in [3.8, 4) is 28.2 Å². The van der Waals surface area contributed by atoms with Crippen molar-refractivity contribution in [3.63, 3.8) is 0 Å². The number of aromatic nitrogens is 4. The van der Waals surface area contributed by atoms with E-state index in [-0.39, 0.29) is 22.7 Å². The Morgan fingerprint density at radius 3 is 2.31 bits per heavy atom. The summed E-state index contributed by atoms with van der Waals surface area (Å²) in [5, 5.41) is 12.9. The molecule has 272 valence electrons. The van der Waals surface area contributed by atoms with Crippen LogP contribution in [0, 0.1) is 6.92 Å². The molecule has 1 aliphatic carbocycles. The van der Waals surface area contributed by atoms with E-state index in [1.807, 2.05) is 67.6 Å². The van der Waals surface area contributed by atoms with Crippen molar-refractivity contribution in [3.05, 3.63) is 137 Å². The van der Waals surface area contributed by atoms with Gasteiger partial charge in [-0.15, -0.1) is 0 Å². The molecule has 0 radical (unpaired) electrons. The van der Waals surface area contributed by atoms with Gasteiger partial charge in [-0.1, -0.05) is 54.1 Å². The van der Waals surface area contributed by atoms with Gasteiger partial charge in [-0.25, -0.2) is 22.4 Å². The van der Waals surface area contributed by atoms with Crippen molar-refractivity contribution in [1.82, 2.24) is 23.4 Å². The highest BCUT2D eigenvalue weighted by molar-refractivity contribution is 7.90. The van der Waals surface area contributed by atoms with E-state index >= 15 is 0 Å². The van der Waals surface area contributed by atoms with Gasteiger partial charge in [-0.3, -0.25) is 9.36 Å². The molecule has 54 heavy (non-hydrogen) atoms. The number of likely N-dealkylation sites (N-methyl/N-ethyl adjacent to an activating group) is 1. The lowest BCUT2D eigenvalue weighted by molar-refractivity contribution is 0.282. The quantitative estimate of drug-likeness (QED) is 0.183. The number of fused-ring (bicyclic) bond motifs is 2. The Bertz CT molecular complexity index is 2730. The maximum absolute atomic E-state index is 14.6. The van der Waals surface area contributed by atoms with E-state index < -0.39 is 10.0 Å². The highest BCUT2D eigenvalue weighted by Crippen LogP contribution is 2.41. The normalized spacial score (nSPS) is 15.4. The van der Waals surface area contributed by atoms with Gasteiger partial charge in [0.15, 0.2) is 5.65 Å². The van der Waals surface area contributed by atoms with Crippen LogP contribution >= 0.6 is 0 Å². The molecule has 4 heterocycles. The fourth-order valence-corrected chi connectivity index (χ4v) is 9.17. The van der Waals surface area contributed by atoms with Crippen LogP contribution in [-0.4, -0.2) is 70.2 Å². The third-order valence-electron chi connectivity index (χ3n) is 10.9. The van der Waals surface area contributed by atoms with E-state index in [9.17, 15) is 18.3 Å². The molecule has 0 unspecified atom stereocenters. The van der Waals surface area contributed by atoms with Crippen molar-refractivity contribution < 1.29 is 13.5 Å². The van der Waals surface area contributed by atoms with Gasteiger partial charge in [0.2, 0.25) is 0 Å². The molecule has 1 saturated carbocycles. The van der Waals surface area contributed by atoms with Crippen LogP contribution in [0.15, 0.2) is 119 Å². The van der Waals surface area contributed by atoms with Gasteiger partial charge in [-0.05, 0) is 97.8 Å². The lowest BCUT2D eigenvalue weighted by atomic mass is 10.00. The van der Waals surface area contributed by atoms with Crippen molar-refractivity contribution in [1.29, 1.82) is 0 Å². The highest BCUT2D eigenvalue weighted by Gasteiger charge is 2.28. The number of hydrogen-bond acceptors (Lipinski definition) is 8. The van der Waals surface area contributed by atoms with Gasteiger partial charge in [0.05, 0.1) is 28.6 Å². The zero-order valence-corrected chi connectivity index (χ0v) is 31.0. The van der Waals surface area contributed by atoms with Gasteiger partial charge >= 0.3 is 0 Å². The van der Waals surface area contributed by atoms with Crippen molar-refractivity contribution in [2.75, 3.05) is 38.1 Å². The van der Waals surface area contributed by atoms with Gasteiger partial charge in [0.25, 0.3) is 15.6 Å². The zero-order chi connectivity index (χ0) is 37.1. The Morgan fingerprint density at radius 1 is 0.833 bits per heavy atom. The summed E-state index contributed by atoms with van der Waals surface area (Å²) >= 11 is 0. The molecule has 0 atom stereocenters. The van der Waals surface area contributed by atoms with Gasteiger partial charge in [0, 0.05) is 60.0 Å². The molecule has 2 fully saturated rings. The Morgan fingerprint density at radius 2 is 1.59 bits per heavy atom. The fraction of sp³-hybridized carbons (Fsp3) is 0.233. The number of anilines is 1. The standard InChI is InChI=1S/C43H40N6O4S/c1-28-6-15-34(16-7-28)54(52,53)49-40(30-10-13-33(14-11-30)47-22-20-46(2)21-23-47)25-37-41(44-27-45-42(37)49)36-4-3-5-39(38(36)26-50)48-19-18-32-24-31(29-8-9-29)12-17-35(32)43(48)51/h3-7,10-19,24-25,27,29,50H,8-9,20-23,26H2,1-2H3. The lowest BCUT2D eigenvalue weighted by Crippen LogP contribution is -2.44. The summed E-state index contributed by atoms with van der Waals surface area (Å²) in [5.74, 6) is 0.572. The molecule has 11 heteroatoms. The summed E-state index contributed by atoms with van der Waals surface area (Å²) < 4.78 is 32.0. The first-order chi connectivity index (χ1) is 26.2. The summed E-state index contributed by atoms with van der Waals surface area (Å²) in [6.45, 7) is 5.30. The molecular formula is C43H40N6O4S. The maximum Gasteiger partial charge on any atom is 0.269 e. The summed E-state index contributed by atoms with van der Waals surface area (Å²) in [6.07, 6.45) is 5.46. The molecule has 7 aromatic rings. The minimum absolute atomic E-state index is 0.138. The van der Waals surface area contributed by atoms with Crippen LogP contribution in [0.5, 0.6) is 0 Å². The molecule has 1 saturated heterocycles. The highest BCUT2D eigenvalue weighted by atomic mass is 32.2. The number of piperazine rings is 1. The van der Waals surface area contributed by atoms with Gasteiger partial charge in [0.1, 0.15) is 6.33 Å². The largest absolute Gasteiger partial charge is 0.392 e. The number of rotatable bonds is 8. The summed E-state index contributed by atoms with van der Waals surface area (Å²) in [6, 6.07) is 30.0. The lowest BCUT2D eigenvalue weighted by Gasteiger charge is -2.34. The van der Waals surface area contributed by atoms with Crippen LogP contribution in [0.2, 0.25) is 0 Å². The zero-order valence-electron chi connectivity index (χ0n) is 30.2. The van der Waals surface area contributed by atoms with E-state index in [0.29, 0.717) is 50.5 Å². The summed E-state index contributed by atoms with van der Waals surface area (Å²) in [4.78, 5) is 28.0. The molecule has 4 aromatic carbocycles. The predicted octanol–water partition coefficient (Wildman–Crippen LogP) is 6.74. The fourth-order valence-electron chi connectivity index (χ4n) is 7.69. The molecule has 2 aliphatic rings. The molecule has 0 amide bonds. The number of aliphatic hydroxyl groups is 1. The van der Waals surface area contributed by atoms with E-state index in [1.54, 1.807) is 41.1 Å². The van der Waals surface area contributed by atoms with Crippen LogP contribution in [0.1, 0.15) is 35.4 Å². The minimum Gasteiger partial charge on any atom is -0.392 e. The van der Waals surface area contributed by atoms with Crippen molar-refractivity contribution in [2.45, 2.75) is 37.2 Å². The molecule has 0 bridgehead atoms. The van der Waals surface area contributed by atoms with Gasteiger partial charge < -0.3 is 14.9 Å². The van der Waals surface area contributed by atoms with Crippen LogP contribution in [0.25, 0.3) is 50.0 Å². The van der Waals surface area contributed by atoms with Crippen molar-refractivity contribution in [2.24, 2.45) is 0 Å². The molecule has 1 aliphatic heterocycles. The first-order valence-electron chi connectivity index (χ1n) is 18.3. The Hall–Kier alpha value is -5.62. The van der Waals surface area contributed by atoms with Gasteiger partial charge in [-0.2, -0.15) is 0 Å². The summed E-state index contributed by atoms with van der Waals surface area (Å²) in [5.41, 5.74) is 6.47. The molecule has 10 nitrogen and oxygen atoms in total. The smallest absolute Gasteiger partial charge is 0.269 e. The number of benzene rings is 4. The van der Waals surface area contributed by atoms with Crippen LogP contribution in [0.3, 0.4) is 0 Å². The van der Waals surface area contributed by atoms with E-state index in [2.05, 4.69) is 27.9 Å². The Labute approximate surface area is 313 Å². The monoisotopic (exact) mass is 736 g/mol. The van der Waals surface area contributed by atoms with E-state index in [1.165, 1.54) is 28.7 Å². The maximum atomic E-state index is 14.6. The molecule has 9 rings (SSSR count). The Balaban J connectivity index is 1.20. The Kier molecular flexibility index (Phi) is 8.45. The topological polar surface area (TPSA) is 114 Å². The molecule has 1 N–H and O–H groups in total. The third kappa shape index (κ3) is 5.89. The first-order valence-corrected chi connectivity index (χ1v) is 19.8. The second-order valence-electron chi connectivity index (χ2n) is 14.5. The molecular weight excluding hydrogens is 697 g/mol. The average Bonchev–Trinajstić information content (AvgIpc) is 3.97. The van der Waals surface area contributed by atoms with Crippen LogP contribution in [0.4, 0.5) is 5.69 Å². The van der Waals surface area contributed by atoms with E-state index in [4.69, 9.17) is 4.98 Å². The second-order valence-corrected chi connectivity index (χ2v) is 16.3. The third-order valence-corrected chi connectivity index (χ3v) is 12.7. The number of hydrogen-bond donors (Lipinski definition) is 1. The second kappa shape index (κ2) is 13.3. The number of nitrogens with zero attached hydrogens (tertiary/aromatic N) is 6. The van der Waals surface area contributed by atoms with Crippen LogP contribution in [-0.2, 0) is 16.6 Å². The number of aliphatic hydroxyl groups excluding tert-OH is 1. The first kappa shape index (κ1) is 34.2. The molecule has 3 aromatic heterocycles. The average molecular weight is 737 g/mol. The SMILES string of the molecule is Cc1ccc(S(=O)(=O)n2c(-c3ccc(N4CCN(C)CC4)cc3)cc3c(-c4cccc(-n5ccc6cc(C7CC7)ccc6c5=O)c4CO)ncnc32)cc1. The summed E-state index contributed by atoms with van der Waals surface area (Å²) in [7, 11) is -2.01.